The molecule has 4 aliphatic rings. The van der Waals surface area contributed by atoms with Crippen LogP contribution in [0.3, 0.4) is 0 Å². The molecule has 2 saturated heterocycles. The fourth-order valence-corrected chi connectivity index (χ4v) is 6.45. The van der Waals surface area contributed by atoms with E-state index in [9.17, 15) is 9.90 Å². The number of hydrogen-bond donors (Lipinski definition) is 1. The van der Waals surface area contributed by atoms with Gasteiger partial charge in [-0.3, -0.25) is 9.69 Å². The molecule has 0 amide bonds. The lowest BCUT2D eigenvalue weighted by atomic mass is 9.64. The molecule has 1 aliphatic carbocycles. The number of ether oxygens (including phenoxy) is 5. The summed E-state index contributed by atoms with van der Waals surface area (Å²) < 4.78 is 28.2. The van der Waals surface area contributed by atoms with Gasteiger partial charge in [-0.15, -0.1) is 0 Å². The van der Waals surface area contributed by atoms with E-state index in [0.717, 1.165) is 55.2 Å². The van der Waals surface area contributed by atoms with Crippen molar-refractivity contribution in [1.82, 2.24) is 9.80 Å². The van der Waals surface area contributed by atoms with E-state index >= 15 is 0 Å². The van der Waals surface area contributed by atoms with Crippen LogP contribution in [0.5, 0.6) is 28.7 Å². The number of esters is 1. The van der Waals surface area contributed by atoms with Gasteiger partial charge >= 0.3 is 5.97 Å². The van der Waals surface area contributed by atoms with E-state index in [2.05, 4.69) is 22.8 Å². The number of rotatable bonds is 5. The third-order valence-electron chi connectivity index (χ3n) is 8.26. The largest absolute Gasteiger partial charge is 0.502 e. The summed E-state index contributed by atoms with van der Waals surface area (Å²) in [5.41, 5.74) is 2.97. The quantitative estimate of drug-likeness (QED) is 0.628. The van der Waals surface area contributed by atoms with E-state index in [4.69, 9.17) is 23.7 Å². The molecule has 2 aromatic carbocycles. The molecule has 4 atom stereocenters. The van der Waals surface area contributed by atoms with Crippen molar-refractivity contribution in [3.05, 3.63) is 41.0 Å². The lowest BCUT2D eigenvalue weighted by molar-refractivity contribution is -0.141. The van der Waals surface area contributed by atoms with Crippen LogP contribution in [-0.2, 0) is 9.53 Å². The van der Waals surface area contributed by atoms with Crippen LogP contribution in [0.1, 0.15) is 35.6 Å². The SMILES string of the molecule is CCN1CCN([C@@H]2c3cc4c(cc3[C@@H](c3cc(OC)c(O)c(OC)c3)[C@H]3C(=O)OC[C@@H]32)OCO4)CC1. The Bertz CT molecular complexity index is 1150. The lowest BCUT2D eigenvalue weighted by Gasteiger charge is -2.46. The molecule has 192 valence electrons. The van der Waals surface area contributed by atoms with Gasteiger partial charge in [0.2, 0.25) is 12.5 Å². The molecule has 2 fully saturated rings. The van der Waals surface area contributed by atoms with Crippen molar-refractivity contribution in [1.29, 1.82) is 0 Å². The van der Waals surface area contributed by atoms with E-state index in [1.165, 1.54) is 14.2 Å². The minimum absolute atomic E-state index is 0.0191. The molecule has 0 radical (unpaired) electrons. The van der Waals surface area contributed by atoms with E-state index in [1.54, 1.807) is 12.1 Å². The molecule has 0 bridgehead atoms. The van der Waals surface area contributed by atoms with Gasteiger partial charge in [-0.25, -0.2) is 0 Å². The van der Waals surface area contributed by atoms with Crippen molar-refractivity contribution in [3.63, 3.8) is 0 Å². The number of benzene rings is 2. The number of aromatic hydroxyl groups is 1. The number of carbonyl (C=O) groups is 1. The summed E-state index contributed by atoms with van der Waals surface area (Å²) in [5, 5.41) is 10.5. The highest BCUT2D eigenvalue weighted by Crippen LogP contribution is 2.57. The maximum atomic E-state index is 13.3. The molecule has 9 heteroatoms. The summed E-state index contributed by atoms with van der Waals surface area (Å²) in [6, 6.07) is 7.72. The van der Waals surface area contributed by atoms with Crippen molar-refractivity contribution in [2.24, 2.45) is 11.8 Å². The molecule has 0 saturated carbocycles. The summed E-state index contributed by atoms with van der Waals surface area (Å²) in [6.07, 6.45) is 0. The summed E-state index contributed by atoms with van der Waals surface area (Å²) >= 11 is 0. The molecule has 3 aliphatic heterocycles. The summed E-state index contributed by atoms with van der Waals surface area (Å²) in [5.74, 6) is 1.02. The number of cyclic esters (lactones) is 1. The van der Waals surface area contributed by atoms with Gasteiger partial charge in [-0.1, -0.05) is 6.92 Å². The number of piperazine rings is 1. The molecule has 0 spiro atoms. The zero-order valence-electron chi connectivity index (χ0n) is 20.9. The second-order valence-corrected chi connectivity index (χ2v) is 9.82. The number of likely N-dealkylation sites (N-methyl/N-ethyl adjacent to an activating group) is 1. The Kier molecular flexibility index (Phi) is 5.84. The zero-order valence-corrected chi connectivity index (χ0v) is 20.9. The zero-order chi connectivity index (χ0) is 25.0. The lowest BCUT2D eigenvalue weighted by Crippen LogP contribution is -2.51. The smallest absolute Gasteiger partial charge is 0.310 e. The number of phenolic OH excluding ortho intramolecular Hbond substituents is 1. The molecule has 0 aromatic heterocycles. The standard InChI is InChI=1S/C27H32N2O7/c1-4-28-5-7-29(8-6-28)25-17-12-20-19(35-14-36-20)11-16(17)23(24-18(25)13-34-27(24)31)15-9-21(32-2)26(30)22(10-15)33-3/h9-12,18,23-25,30H,4-8,13-14H2,1-3H3/t18-,23+,24-,25+/m0/s1. The number of carbonyl (C=O) groups excluding carboxylic acids is 1. The fourth-order valence-electron chi connectivity index (χ4n) is 6.45. The van der Waals surface area contributed by atoms with Gasteiger partial charge in [0.05, 0.1) is 26.7 Å². The number of phenols is 1. The Morgan fingerprint density at radius 2 is 1.58 bits per heavy atom. The number of fused-ring (bicyclic) bond motifs is 3. The Morgan fingerprint density at radius 1 is 0.944 bits per heavy atom. The van der Waals surface area contributed by atoms with Crippen molar-refractivity contribution in [2.45, 2.75) is 18.9 Å². The Morgan fingerprint density at radius 3 is 2.19 bits per heavy atom. The molecular formula is C27H32N2O7. The highest BCUT2D eigenvalue weighted by Gasteiger charge is 2.54. The molecule has 2 aromatic rings. The average molecular weight is 497 g/mol. The van der Waals surface area contributed by atoms with Crippen molar-refractivity contribution in [2.75, 3.05) is 60.3 Å². The average Bonchev–Trinajstić information content (AvgIpc) is 3.52. The normalized spacial score (nSPS) is 27.4. The van der Waals surface area contributed by atoms with Crippen molar-refractivity contribution < 1.29 is 33.6 Å². The van der Waals surface area contributed by atoms with Crippen molar-refractivity contribution in [3.8, 4) is 28.7 Å². The molecule has 9 nitrogen and oxygen atoms in total. The second kappa shape index (κ2) is 9.05. The van der Waals surface area contributed by atoms with Crippen LogP contribution in [0, 0.1) is 11.8 Å². The first-order chi connectivity index (χ1) is 17.5. The summed E-state index contributed by atoms with van der Waals surface area (Å²) in [4.78, 5) is 18.3. The summed E-state index contributed by atoms with van der Waals surface area (Å²) in [6.45, 7) is 7.62. The minimum atomic E-state index is -0.383. The van der Waals surface area contributed by atoms with Crippen molar-refractivity contribution >= 4 is 5.97 Å². The number of nitrogens with zero attached hydrogens (tertiary/aromatic N) is 2. The van der Waals surface area contributed by atoms with Gasteiger partial charge in [0.25, 0.3) is 0 Å². The van der Waals surface area contributed by atoms with Gasteiger partial charge in [0, 0.05) is 44.1 Å². The van der Waals surface area contributed by atoms with Crippen LogP contribution in [0.25, 0.3) is 0 Å². The fraction of sp³-hybridized carbons (Fsp3) is 0.519. The predicted molar refractivity (Wildman–Crippen MR) is 130 cm³/mol. The third-order valence-corrected chi connectivity index (χ3v) is 8.26. The third kappa shape index (κ3) is 3.56. The second-order valence-electron chi connectivity index (χ2n) is 9.82. The molecule has 3 heterocycles. The molecular weight excluding hydrogens is 464 g/mol. The minimum Gasteiger partial charge on any atom is -0.502 e. The Balaban J connectivity index is 1.52. The van der Waals surface area contributed by atoms with Crippen LogP contribution in [-0.4, -0.2) is 81.2 Å². The first-order valence-electron chi connectivity index (χ1n) is 12.5. The van der Waals surface area contributed by atoms with Gasteiger partial charge in [-0.2, -0.15) is 0 Å². The van der Waals surface area contributed by atoms with Crippen LogP contribution in [0.4, 0.5) is 0 Å². The van der Waals surface area contributed by atoms with Crippen LogP contribution in [0.2, 0.25) is 0 Å². The van der Waals surface area contributed by atoms with Gasteiger partial charge in [0.1, 0.15) is 0 Å². The first kappa shape index (κ1) is 23.2. The maximum Gasteiger partial charge on any atom is 0.310 e. The van der Waals surface area contributed by atoms with Gasteiger partial charge < -0.3 is 33.7 Å². The van der Waals surface area contributed by atoms with E-state index in [0.29, 0.717) is 23.9 Å². The molecule has 36 heavy (non-hydrogen) atoms. The molecule has 1 N–H and O–H groups in total. The highest BCUT2D eigenvalue weighted by atomic mass is 16.7. The first-order valence-corrected chi connectivity index (χ1v) is 12.5. The van der Waals surface area contributed by atoms with E-state index in [-0.39, 0.29) is 42.3 Å². The predicted octanol–water partition coefficient (Wildman–Crippen LogP) is 2.75. The highest BCUT2D eigenvalue weighted by molar-refractivity contribution is 5.79. The Hall–Kier alpha value is -3.17. The number of hydrogen-bond acceptors (Lipinski definition) is 9. The van der Waals surface area contributed by atoms with Crippen LogP contribution in [0.15, 0.2) is 24.3 Å². The molecule has 6 rings (SSSR count). The van der Waals surface area contributed by atoms with Gasteiger partial charge in [0.15, 0.2) is 23.0 Å². The topological polar surface area (TPSA) is 89.9 Å². The van der Waals surface area contributed by atoms with E-state index in [1.807, 2.05) is 6.07 Å². The summed E-state index contributed by atoms with van der Waals surface area (Å²) in [7, 11) is 3.01. The van der Waals surface area contributed by atoms with Crippen LogP contribution < -0.4 is 18.9 Å². The molecule has 0 unspecified atom stereocenters. The number of methoxy groups -OCH3 is 2. The maximum absolute atomic E-state index is 13.3. The van der Waals surface area contributed by atoms with Crippen LogP contribution >= 0.6 is 0 Å². The Labute approximate surface area is 210 Å². The van der Waals surface area contributed by atoms with Gasteiger partial charge in [-0.05, 0) is 47.5 Å². The monoisotopic (exact) mass is 496 g/mol. The van der Waals surface area contributed by atoms with E-state index < -0.39 is 0 Å².